The largest absolute Gasteiger partial charge is 0.341 e. The molecule has 8 heteroatoms. The third kappa shape index (κ3) is 3.98. The molecule has 0 unspecified atom stereocenters. The number of rotatable bonds is 4. The highest BCUT2D eigenvalue weighted by Crippen LogP contribution is 2.18. The maximum Gasteiger partial charge on any atom is 0.243 e. The number of nitrogens with two attached hydrogens (primary N) is 1. The van der Waals surface area contributed by atoms with E-state index in [0.29, 0.717) is 18.1 Å². The Bertz CT molecular complexity index is 625. The van der Waals surface area contributed by atoms with Crippen molar-refractivity contribution in [3.8, 4) is 0 Å². The second kappa shape index (κ2) is 6.95. The third-order valence-corrected chi connectivity index (χ3v) is 5.84. The fraction of sp³-hybridized carbons (Fsp3) is 0.500. The number of likely N-dealkylation sites (tertiary alicyclic amines) is 1. The molecule has 1 aromatic rings. The van der Waals surface area contributed by atoms with Crippen molar-refractivity contribution in [2.75, 3.05) is 26.7 Å². The van der Waals surface area contributed by atoms with Gasteiger partial charge in [0.1, 0.15) is 0 Å². The molecular weight excluding hydrogens is 326 g/mol. The Morgan fingerprint density at radius 1 is 1.32 bits per heavy atom. The molecular formula is C14H20ClN3O3S. The second-order valence-corrected chi connectivity index (χ2v) is 7.91. The quantitative estimate of drug-likeness (QED) is 0.879. The van der Waals surface area contributed by atoms with Gasteiger partial charge in [-0.2, -0.15) is 4.31 Å². The normalized spacial score (nSPS) is 17.0. The van der Waals surface area contributed by atoms with Gasteiger partial charge in [0.05, 0.1) is 11.4 Å². The van der Waals surface area contributed by atoms with Crippen LogP contribution < -0.4 is 5.73 Å². The van der Waals surface area contributed by atoms with Crippen LogP contribution in [0.3, 0.4) is 0 Å². The zero-order valence-corrected chi connectivity index (χ0v) is 14.0. The van der Waals surface area contributed by atoms with E-state index in [1.807, 2.05) is 0 Å². The summed E-state index contributed by atoms with van der Waals surface area (Å²) in [6.45, 7) is 0.976. The van der Waals surface area contributed by atoms with Crippen LogP contribution in [0.5, 0.6) is 0 Å². The molecule has 2 rings (SSSR count). The number of likely N-dealkylation sites (N-methyl/N-ethyl adjacent to an activating group) is 1. The van der Waals surface area contributed by atoms with E-state index in [2.05, 4.69) is 0 Å². The zero-order chi connectivity index (χ0) is 16.3. The summed E-state index contributed by atoms with van der Waals surface area (Å²) in [4.78, 5) is 14.0. The van der Waals surface area contributed by atoms with Gasteiger partial charge in [0, 0.05) is 31.2 Å². The minimum atomic E-state index is -3.70. The van der Waals surface area contributed by atoms with Crippen LogP contribution in [0.25, 0.3) is 0 Å². The predicted octanol–water partition coefficient (Wildman–Crippen LogP) is 0.910. The van der Waals surface area contributed by atoms with Crippen LogP contribution >= 0.6 is 11.6 Å². The summed E-state index contributed by atoms with van der Waals surface area (Å²) < 4.78 is 25.9. The summed E-state index contributed by atoms with van der Waals surface area (Å²) in [7, 11) is -2.30. The Labute approximate surface area is 135 Å². The van der Waals surface area contributed by atoms with E-state index >= 15 is 0 Å². The number of hydrogen-bond donors (Lipinski definition) is 1. The first-order valence-corrected chi connectivity index (χ1v) is 8.88. The van der Waals surface area contributed by atoms with Gasteiger partial charge in [-0.1, -0.05) is 11.6 Å². The molecule has 0 bridgehead atoms. The molecule has 122 valence electrons. The molecule has 2 N–H and O–H groups in total. The van der Waals surface area contributed by atoms with E-state index in [1.54, 1.807) is 4.90 Å². The first kappa shape index (κ1) is 17.2. The van der Waals surface area contributed by atoms with Crippen LogP contribution in [0.15, 0.2) is 29.2 Å². The third-order valence-electron chi connectivity index (χ3n) is 3.77. The van der Waals surface area contributed by atoms with Crippen LogP contribution in [-0.2, 0) is 14.8 Å². The lowest BCUT2D eigenvalue weighted by Crippen LogP contribution is -2.47. The van der Waals surface area contributed by atoms with Crippen molar-refractivity contribution in [2.24, 2.45) is 5.73 Å². The smallest absolute Gasteiger partial charge is 0.243 e. The lowest BCUT2D eigenvalue weighted by atomic mass is 10.1. The molecule has 22 heavy (non-hydrogen) atoms. The number of carbonyl (C=O) groups is 1. The Hall–Kier alpha value is -1.15. The molecule has 0 atom stereocenters. The van der Waals surface area contributed by atoms with Gasteiger partial charge in [-0.3, -0.25) is 4.79 Å². The van der Waals surface area contributed by atoms with E-state index in [0.717, 1.165) is 17.1 Å². The van der Waals surface area contributed by atoms with Crippen LogP contribution in [-0.4, -0.2) is 56.3 Å². The van der Waals surface area contributed by atoms with E-state index in [1.165, 1.54) is 31.3 Å². The summed E-state index contributed by atoms with van der Waals surface area (Å²) >= 11 is 5.76. The molecule has 0 spiro atoms. The summed E-state index contributed by atoms with van der Waals surface area (Å²) in [5.74, 6) is -0.202. The second-order valence-electron chi connectivity index (χ2n) is 5.43. The van der Waals surface area contributed by atoms with Crippen LogP contribution in [0.2, 0.25) is 5.02 Å². The number of nitrogens with zero attached hydrogens (tertiary/aromatic N) is 2. The number of piperidine rings is 1. The van der Waals surface area contributed by atoms with E-state index in [9.17, 15) is 13.2 Å². The molecule has 1 fully saturated rings. The van der Waals surface area contributed by atoms with Crippen LogP contribution in [0.4, 0.5) is 0 Å². The Morgan fingerprint density at radius 3 is 2.41 bits per heavy atom. The molecule has 1 amide bonds. The van der Waals surface area contributed by atoms with Crippen LogP contribution in [0, 0.1) is 0 Å². The number of carbonyl (C=O) groups excluding carboxylic acids is 1. The highest BCUT2D eigenvalue weighted by molar-refractivity contribution is 7.89. The van der Waals surface area contributed by atoms with Gasteiger partial charge in [-0.05, 0) is 37.1 Å². The van der Waals surface area contributed by atoms with Crippen molar-refractivity contribution in [3.05, 3.63) is 29.3 Å². The molecule has 6 nitrogen and oxygen atoms in total. The van der Waals surface area contributed by atoms with Crippen molar-refractivity contribution in [2.45, 2.75) is 23.8 Å². The Morgan fingerprint density at radius 2 is 1.86 bits per heavy atom. The molecule has 0 saturated carbocycles. The van der Waals surface area contributed by atoms with Gasteiger partial charge in [0.15, 0.2) is 0 Å². The molecule has 1 aliphatic rings. The number of hydrogen-bond acceptors (Lipinski definition) is 4. The average Bonchev–Trinajstić information content (AvgIpc) is 2.48. The van der Waals surface area contributed by atoms with Gasteiger partial charge in [-0.25, -0.2) is 8.42 Å². The molecule has 1 saturated heterocycles. The van der Waals surface area contributed by atoms with Crippen molar-refractivity contribution in [3.63, 3.8) is 0 Å². The highest BCUT2D eigenvalue weighted by Gasteiger charge is 2.26. The molecule has 1 aromatic carbocycles. The topological polar surface area (TPSA) is 83.7 Å². The number of sulfonamides is 1. The molecule has 0 aromatic heterocycles. The first-order valence-electron chi connectivity index (χ1n) is 7.06. The Kier molecular flexibility index (Phi) is 5.44. The van der Waals surface area contributed by atoms with E-state index in [4.69, 9.17) is 17.3 Å². The zero-order valence-electron chi connectivity index (χ0n) is 12.4. The SMILES string of the molecule is CN(CC(=O)N1CCC(N)CC1)S(=O)(=O)c1ccc(Cl)cc1. The maximum absolute atomic E-state index is 12.4. The predicted molar refractivity (Wildman–Crippen MR) is 85.1 cm³/mol. The van der Waals surface area contributed by atoms with Crippen LogP contribution in [0.1, 0.15) is 12.8 Å². The fourth-order valence-electron chi connectivity index (χ4n) is 2.31. The lowest BCUT2D eigenvalue weighted by molar-refractivity contribution is -0.132. The van der Waals surface area contributed by atoms with Crippen molar-refractivity contribution in [1.29, 1.82) is 0 Å². The van der Waals surface area contributed by atoms with Gasteiger partial charge < -0.3 is 10.6 Å². The number of benzene rings is 1. The average molecular weight is 346 g/mol. The van der Waals surface area contributed by atoms with Gasteiger partial charge >= 0.3 is 0 Å². The first-order chi connectivity index (χ1) is 10.3. The summed E-state index contributed by atoms with van der Waals surface area (Å²) in [5.41, 5.74) is 5.80. The van der Waals surface area contributed by atoms with Gasteiger partial charge in [0.2, 0.25) is 15.9 Å². The summed E-state index contributed by atoms with van der Waals surface area (Å²) in [5, 5.41) is 0.460. The lowest BCUT2D eigenvalue weighted by Gasteiger charge is -2.31. The molecule has 0 aliphatic carbocycles. The number of amides is 1. The molecule has 0 radical (unpaired) electrons. The monoisotopic (exact) mass is 345 g/mol. The molecule has 1 aliphatic heterocycles. The van der Waals surface area contributed by atoms with E-state index < -0.39 is 10.0 Å². The Balaban J connectivity index is 2.03. The minimum absolute atomic E-state index is 0.118. The highest BCUT2D eigenvalue weighted by atomic mass is 35.5. The van der Waals surface area contributed by atoms with Crippen molar-refractivity contribution in [1.82, 2.24) is 9.21 Å². The standard InChI is InChI=1S/C14H20ClN3O3S/c1-17(10-14(19)18-8-6-12(16)7-9-18)22(20,21)13-4-2-11(15)3-5-13/h2-5,12H,6-10,16H2,1H3. The minimum Gasteiger partial charge on any atom is -0.341 e. The van der Waals surface area contributed by atoms with Gasteiger partial charge in [0.25, 0.3) is 0 Å². The number of halogens is 1. The maximum atomic E-state index is 12.4. The summed E-state index contributed by atoms with van der Waals surface area (Å²) in [6, 6.07) is 6.00. The van der Waals surface area contributed by atoms with Gasteiger partial charge in [-0.15, -0.1) is 0 Å². The van der Waals surface area contributed by atoms with Crippen molar-refractivity contribution < 1.29 is 13.2 Å². The molecule has 1 heterocycles. The summed E-state index contributed by atoms with van der Waals surface area (Å²) in [6.07, 6.45) is 1.50. The van der Waals surface area contributed by atoms with Crippen molar-refractivity contribution >= 4 is 27.5 Å². The fourth-order valence-corrected chi connectivity index (χ4v) is 3.56. The van der Waals surface area contributed by atoms with E-state index in [-0.39, 0.29) is 23.4 Å².